The van der Waals surface area contributed by atoms with Gasteiger partial charge in [0.2, 0.25) is 5.91 Å². The van der Waals surface area contributed by atoms with Crippen LogP contribution < -0.4 is 11.1 Å². The molecule has 1 fully saturated rings. The van der Waals surface area contributed by atoms with Crippen molar-refractivity contribution >= 4 is 5.91 Å². The number of hydrogen-bond acceptors (Lipinski definition) is 2. The molecule has 0 aliphatic heterocycles. The minimum atomic E-state index is -0.674. The number of nitrogens with two attached hydrogens (primary N) is 1. The van der Waals surface area contributed by atoms with Gasteiger partial charge in [0.25, 0.3) is 0 Å². The number of hydrogen-bond donors (Lipinski definition) is 2. The molecule has 3 heteroatoms. The average Bonchev–Trinajstić information content (AvgIpc) is 2.56. The second-order valence-electron chi connectivity index (χ2n) is 5.94. The van der Waals surface area contributed by atoms with Crippen molar-refractivity contribution < 1.29 is 4.79 Å². The molecule has 0 spiro atoms. The van der Waals surface area contributed by atoms with E-state index in [0.717, 1.165) is 12.8 Å². The third-order valence-corrected chi connectivity index (χ3v) is 4.02. The van der Waals surface area contributed by atoms with Crippen LogP contribution in [0.2, 0.25) is 0 Å². The molecule has 0 radical (unpaired) electrons. The van der Waals surface area contributed by atoms with Crippen LogP contribution in [0.3, 0.4) is 0 Å². The minimum Gasteiger partial charge on any atom is -0.352 e. The number of nitrogens with one attached hydrogen (secondary N) is 1. The largest absolute Gasteiger partial charge is 0.352 e. The Morgan fingerprint density at radius 1 is 1.44 bits per heavy atom. The van der Waals surface area contributed by atoms with Crippen LogP contribution in [-0.4, -0.2) is 17.5 Å². The van der Waals surface area contributed by atoms with Crippen LogP contribution in [0.4, 0.5) is 0 Å². The summed E-state index contributed by atoms with van der Waals surface area (Å²) in [5.41, 5.74) is 5.77. The van der Waals surface area contributed by atoms with E-state index in [1.54, 1.807) is 0 Å². The molecule has 0 bridgehead atoms. The van der Waals surface area contributed by atoms with Crippen molar-refractivity contribution in [2.24, 2.45) is 11.1 Å². The van der Waals surface area contributed by atoms with Crippen molar-refractivity contribution in [3.8, 4) is 0 Å². The zero-order chi connectivity index (χ0) is 12.4. The first-order valence-corrected chi connectivity index (χ1v) is 6.43. The number of carbonyl (C=O) groups is 1. The van der Waals surface area contributed by atoms with Gasteiger partial charge in [-0.2, -0.15) is 0 Å². The molecule has 1 aliphatic rings. The van der Waals surface area contributed by atoms with Gasteiger partial charge in [0.15, 0.2) is 0 Å². The zero-order valence-corrected chi connectivity index (χ0v) is 11.1. The Morgan fingerprint density at radius 2 is 2.00 bits per heavy atom. The molecule has 0 aromatic carbocycles. The molecular weight excluding hydrogens is 200 g/mol. The number of amides is 1. The third kappa shape index (κ3) is 2.97. The van der Waals surface area contributed by atoms with Crippen LogP contribution in [0.1, 0.15) is 59.8 Å². The molecule has 0 heterocycles. The molecule has 1 saturated carbocycles. The van der Waals surface area contributed by atoms with E-state index in [9.17, 15) is 4.79 Å². The lowest BCUT2D eigenvalue weighted by atomic mass is 9.91. The Hall–Kier alpha value is -0.570. The highest BCUT2D eigenvalue weighted by atomic mass is 16.2. The van der Waals surface area contributed by atoms with Gasteiger partial charge in [0.05, 0.1) is 5.54 Å². The number of carbonyl (C=O) groups excluding carboxylic acids is 1. The monoisotopic (exact) mass is 226 g/mol. The van der Waals surface area contributed by atoms with Crippen molar-refractivity contribution in [1.82, 2.24) is 5.32 Å². The molecule has 3 nitrogen and oxygen atoms in total. The van der Waals surface area contributed by atoms with E-state index in [1.807, 2.05) is 13.8 Å². The molecule has 94 valence electrons. The molecule has 1 atom stereocenters. The van der Waals surface area contributed by atoms with Crippen molar-refractivity contribution in [3.05, 3.63) is 0 Å². The fourth-order valence-corrected chi connectivity index (χ4v) is 2.46. The molecule has 0 saturated heterocycles. The SMILES string of the molecule is CCC(N)(CC)C(=O)NC1CCC(C)(C)C1. The van der Waals surface area contributed by atoms with Gasteiger partial charge in [-0.05, 0) is 37.5 Å². The maximum absolute atomic E-state index is 12.1. The van der Waals surface area contributed by atoms with Crippen LogP contribution in [0.25, 0.3) is 0 Å². The molecule has 0 aromatic rings. The van der Waals surface area contributed by atoms with Crippen LogP contribution in [0, 0.1) is 5.41 Å². The summed E-state index contributed by atoms with van der Waals surface area (Å²) in [6.07, 6.45) is 4.75. The standard InChI is InChI=1S/C13H26N2O/c1-5-13(14,6-2)11(16)15-10-7-8-12(3,4)9-10/h10H,5-9,14H2,1-4H3,(H,15,16). The van der Waals surface area contributed by atoms with Gasteiger partial charge in [0, 0.05) is 6.04 Å². The Labute approximate surface area is 99.2 Å². The second kappa shape index (κ2) is 4.74. The first-order valence-electron chi connectivity index (χ1n) is 6.43. The second-order valence-corrected chi connectivity index (χ2v) is 5.94. The Balaban J connectivity index is 2.53. The van der Waals surface area contributed by atoms with E-state index in [1.165, 1.54) is 6.42 Å². The molecule has 0 aromatic heterocycles. The average molecular weight is 226 g/mol. The maximum atomic E-state index is 12.1. The fourth-order valence-electron chi connectivity index (χ4n) is 2.46. The van der Waals surface area contributed by atoms with Gasteiger partial charge in [-0.15, -0.1) is 0 Å². The van der Waals surface area contributed by atoms with Crippen LogP contribution >= 0.6 is 0 Å². The van der Waals surface area contributed by atoms with E-state index < -0.39 is 5.54 Å². The zero-order valence-electron chi connectivity index (χ0n) is 11.1. The van der Waals surface area contributed by atoms with Gasteiger partial charge >= 0.3 is 0 Å². The summed E-state index contributed by atoms with van der Waals surface area (Å²) in [6, 6.07) is 0.323. The van der Waals surface area contributed by atoms with E-state index in [2.05, 4.69) is 19.2 Å². The van der Waals surface area contributed by atoms with Gasteiger partial charge < -0.3 is 11.1 Å². The van der Waals surface area contributed by atoms with Crippen LogP contribution in [-0.2, 0) is 4.79 Å². The third-order valence-electron chi connectivity index (χ3n) is 4.02. The first kappa shape index (κ1) is 13.5. The molecular formula is C13H26N2O. The number of rotatable bonds is 4. The Bertz CT molecular complexity index is 257. The minimum absolute atomic E-state index is 0.0280. The van der Waals surface area contributed by atoms with Gasteiger partial charge in [-0.25, -0.2) is 0 Å². The fraction of sp³-hybridized carbons (Fsp3) is 0.923. The predicted octanol–water partition coefficient (Wildman–Crippen LogP) is 2.20. The van der Waals surface area contributed by atoms with Crippen molar-refractivity contribution in [2.45, 2.75) is 71.4 Å². The van der Waals surface area contributed by atoms with Gasteiger partial charge in [-0.1, -0.05) is 27.7 Å². The maximum Gasteiger partial charge on any atom is 0.240 e. The van der Waals surface area contributed by atoms with Crippen LogP contribution in [0.5, 0.6) is 0 Å². The summed E-state index contributed by atoms with van der Waals surface area (Å²) in [4.78, 5) is 12.1. The predicted molar refractivity (Wildman–Crippen MR) is 67.1 cm³/mol. The molecule has 3 N–H and O–H groups in total. The quantitative estimate of drug-likeness (QED) is 0.772. The van der Waals surface area contributed by atoms with Crippen LogP contribution in [0.15, 0.2) is 0 Å². The summed E-state index contributed by atoms with van der Waals surface area (Å²) >= 11 is 0. The van der Waals surface area contributed by atoms with E-state index in [4.69, 9.17) is 5.73 Å². The van der Waals surface area contributed by atoms with Crippen molar-refractivity contribution in [2.75, 3.05) is 0 Å². The lowest BCUT2D eigenvalue weighted by molar-refractivity contribution is -0.127. The Morgan fingerprint density at radius 3 is 2.38 bits per heavy atom. The summed E-state index contributed by atoms with van der Waals surface area (Å²) in [5.74, 6) is 0.0280. The summed E-state index contributed by atoms with van der Waals surface area (Å²) < 4.78 is 0. The molecule has 1 aliphatic carbocycles. The lowest BCUT2D eigenvalue weighted by Gasteiger charge is -2.27. The molecule has 1 unspecified atom stereocenters. The summed E-state index contributed by atoms with van der Waals surface area (Å²) in [7, 11) is 0. The van der Waals surface area contributed by atoms with Crippen molar-refractivity contribution in [1.29, 1.82) is 0 Å². The molecule has 1 amide bonds. The van der Waals surface area contributed by atoms with E-state index >= 15 is 0 Å². The smallest absolute Gasteiger partial charge is 0.240 e. The molecule has 16 heavy (non-hydrogen) atoms. The topological polar surface area (TPSA) is 55.1 Å². The van der Waals surface area contributed by atoms with E-state index in [0.29, 0.717) is 24.3 Å². The van der Waals surface area contributed by atoms with Gasteiger partial charge in [-0.3, -0.25) is 4.79 Å². The molecule has 1 rings (SSSR count). The van der Waals surface area contributed by atoms with Gasteiger partial charge in [0.1, 0.15) is 0 Å². The first-order chi connectivity index (χ1) is 7.33. The highest BCUT2D eigenvalue weighted by Crippen LogP contribution is 2.37. The normalized spacial score (nSPS) is 24.4. The van der Waals surface area contributed by atoms with E-state index in [-0.39, 0.29) is 5.91 Å². The highest BCUT2D eigenvalue weighted by Gasteiger charge is 2.36. The summed E-state index contributed by atoms with van der Waals surface area (Å²) in [5, 5.41) is 3.11. The highest BCUT2D eigenvalue weighted by molar-refractivity contribution is 5.86. The Kier molecular flexibility index (Phi) is 4.00. The lowest BCUT2D eigenvalue weighted by Crippen LogP contribution is -2.55. The summed E-state index contributed by atoms with van der Waals surface area (Å²) in [6.45, 7) is 8.46. The van der Waals surface area contributed by atoms with Crippen molar-refractivity contribution in [3.63, 3.8) is 0 Å².